The van der Waals surface area contributed by atoms with Crippen LogP contribution in [-0.4, -0.2) is 46.6 Å². The van der Waals surface area contributed by atoms with E-state index in [0.29, 0.717) is 40.2 Å². The van der Waals surface area contributed by atoms with Crippen molar-refractivity contribution in [2.24, 2.45) is 7.05 Å². The van der Waals surface area contributed by atoms with Crippen molar-refractivity contribution in [1.82, 2.24) is 25.0 Å². The Morgan fingerprint density at radius 1 is 1.18 bits per heavy atom. The van der Waals surface area contributed by atoms with E-state index < -0.39 is 15.7 Å². The summed E-state index contributed by atoms with van der Waals surface area (Å²) in [5, 5.41) is 11.5. The molecule has 0 saturated heterocycles. The van der Waals surface area contributed by atoms with Gasteiger partial charge in [-0.1, -0.05) is 30.3 Å². The summed E-state index contributed by atoms with van der Waals surface area (Å²) in [6, 6.07) is 16.6. The van der Waals surface area contributed by atoms with Crippen LogP contribution in [0.15, 0.2) is 78.1 Å². The minimum Gasteiger partial charge on any atom is -0.494 e. The highest BCUT2D eigenvalue weighted by molar-refractivity contribution is 7.92. The van der Waals surface area contributed by atoms with Crippen molar-refractivity contribution in [2.75, 3.05) is 11.8 Å². The molecule has 0 radical (unpaired) electrons. The third-order valence-electron chi connectivity index (χ3n) is 7.16. The van der Waals surface area contributed by atoms with Gasteiger partial charge in [0.05, 0.1) is 37.2 Å². The highest BCUT2D eigenvalue weighted by Gasteiger charge is 2.47. The van der Waals surface area contributed by atoms with E-state index >= 15 is 4.39 Å². The van der Waals surface area contributed by atoms with Crippen LogP contribution in [0.4, 0.5) is 10.1 Å². The van der Waals surface area contributed by atoms with Gasteiger partial charge in [0.1, 0.15) is 27.7 Å². The number of ether oxygens (including phenoxy) is 2. The Balaban J connectivity index is 1.29. The second kappa shape index (κ2) is 10.0. The van der Waals surface area contributed by atoms with E-state index in [-0.39, 0.29) is 29.5 Å². The molecule has 0 aliphatic heterocycles. The molecule has 0 bridgehead atoms. The molecule has 40 heavy (non-hydrogen) atoms. The van der Waals surface area contributed by atoms with Gasteiger partial charge in [-0.3, -0.25) is 19.5 Å². The van der Waals surface area contributed by atoms with E-state index in [4.69, 9.17) is 9.47 Å². The van der Waals surface area contributed by atoms with Gasteiger partial charge in [-0.15, -0.1) is 0 Å². The molecule has 0 unspecified atom stereocenters. The molecule has 5 aromatic rings. The van der Waals surface area contributed by atoms with E-state index in [2.05, 4.69) is 25.0 Å². The summed E-state index contributed by atoms with van der Waals surface area (Å²) in [5.41, 5.74) is 1.70. The Hall–Kier alpha value is -4.29. The van der Waals surface area contributed by atoms with E-state index in [1.807, 2.05) is 30.3 Å². The predicted octanol–water partition coefficient (Wildman–Crippen LogP) is 4.71. The number of hydrogen-bond donors (Lipinski definition) is 2. The summed E-state index contributed by atoms with van der Waals surface area (Å²) in [7, 11) is -0.808. The van der Waals surface area contributed by atoms with E-state index in [1.54, 1.807) is 42.2 Å². The van der Waals surface area contributed by atoms with Gasteiger partial charge in [0.25, 0.3) is 10.0 Å². The number of benzene rings is 2. The molecule has 1 fully saturated rings. The van der Waals surface area contributed by atoms with Gasteiger partial charge in [-0.05, 0) is 35.4 Å². The minimum atomic E-state index is -3.96. The molecule has 0 spiro atoms. The standard InChI is InChI=1S/C28H27FN6O4S/c1-35-27-22(8-9-24(38-2)26(27)34-40(36,37)21-15-31-32-16-21)25(33-35)23-12-19(10-11-30-23)28(29)13-20(14-28)39-17-18-6-4-3-5-7-18/h3-12,15-16,20,34H,13-14,17H2,1-2H3,(H,31,32). The van der Waals surface area contributed by atoms with Gasteiger partial charge in [-0.25, -0.2) is 12.8 Å². The number of H-pyrrole nitrogens is 1. The number of anilines is 1. The van der Waals surface area contributed by atoms with Crippen molar-refractivity contribution in [3.8, 4) is 17.1 Å². The van der Waals surface area contributed by atoms with Crippen LogP contribution < -0.4 is 9.46 Å². The van der Waals surface area contributed by atoms with Crippen LogP contribution in [0.3, 0.4) is 0 Å². The van der Waals surface area contributed by atoms with Crippen LogP contribution >= 0.6 is 0 Å². The lowest BCUT2D eigenvalue weighted by molar-refractivity contribution is -0.107. The van der Waals surface area contributed by atoms with Gasteiger partial charge in [-0.2, -0.15) is 10.2 Å². The topological polar surface area (TPSA) is 124 Å². The summed E-state index contributed by atoms with van der Waals surface area (Å²) < 4.78 is 57.4. The molecule has 0 amide bonds. The number of nitrogens with zero attached hydrogens (tertiary/aromatic N) is 4. The summed E-state index contributed by atoms with van der Waals surface area (Å²) in [6.07, 6.45) is 4.40. The number of halogens is 1. The normalized spacial score (nSPS) is 18.9. The number of aromatic amines is 1. The van der Waals surface area contributed by atoms with Crippen molar-refractivity contribution in [3.63, 3.8) is 0 Å². The number of nitrogens with one attached hydrogen (secondary N) is 2. The molecule has 2 aromatic carbocycles. The average Bonchev–Trinajstić information content (AvgIpc) is 3.61. The van der Waals surface area contributed by atoms with Crippen molar-refractivity contribution in [2.45, 2.75) is 36.1 Å². The van der Waals surface area contributed by atoms with Gasteiger partial charge < -0.3 is 9.47 Å². The number of hydrogen-bond acceptors (Lipinski definition) is 7. The minimum absolute atomic E-state index is 0.0249. The zero-order valence-electron chi connectivity index (χ0n) is 21.8. The van der Waals surface area contributed by atoms with Crippen molar-refractivity contribution >= 4 is 26.6 Å². The second-order valence-corrected chi connectivity index (χ2v) is 11.5. The molecule has 0 atom stereocenters. The molecule has 1 saturated carbocycles. The number of methoxy groups -OCH3 is 1. The van der Waals surface area contributed by atoms with E-state index in [1.165, 1.54) is 19.5 Å². The van der Waals surface area contributed by atoms with E-state index in [0.717, 1.165) is 5.56 Å². The van der Waals surface area contributed by atoms with Gasteiger partial charge in [0.15, 0.2) is 0 Å². The largest absolute Gasteiger partial charge is 0.494 e. The number of aryl methyl sites for hydroxylation is 1. The van der Waals surface area contributed by atoms with Crippen LogP contribution in [0.1, 0.15) is 24.0 Å². The monoisotopic (exact) mass is 562 g/mol. The summed E-state index contributed by atoms with van der Waals surface area (Å²) in [6.45, 7) is 0.444. The lowest BCUT2D eigenvalue weighted by Gasteiger charge is -2.41. The maximum absolute atomic E-state index is 15.9. The Bertz CT molecular complexity index is 1770. The van der Waals surface area contributed by atoms with Crippen LogP contribution in [0.5, 0.6) is 5.75 Å². The number of fused-ring (bicyclic) bond motifs is 1. The number of rotatable bonds is 9. The third-order valence-corrected chi connectivity index (χ3v) is 8.48. The Morgan fingerprint density at radius 2 is 1.98 bits per heavy atom. The fourth-order valence-electron chi connectivity index (χ4n) is 5.03. The van der Waals surface area contributed by atoms with Gasteiger partial charge in [0.2, 0.25) is 0 Å². The van der Waals surface area contributed by atoms with Crippen molar-refractivity contribution in [3.05, 3.63) is 84.3 Å². The average molecular weight is 563 g/mol. The lowest BCUT2D eigenvalue weighted by atomic mass is 9.74. The maximum atomic E-state index is 15.9. The number of alkyl halides is 1. The molecular weight excluding hydrogens is 535 g/mol. The van der Waals surface area contributed by atoms with Gasteiger partial charge in [0, 0.05) is 37.7 Å². The van der Waals surface area contributed by atoms with Crippen LogP contribution in [0, 0.1) is 0 Å². The van der Waals surface area contributed by atoms with Crippen molar-refractivity contribution < 1.29 is 22.3 Å². The molecule has 6 rings (SSSR count). The summed E-state index contributed by atoms with van der Waals surface area (Å²) in [4.78, 5) is 4.45. The number of pyridine rings is 1. The molecule has 12 heteroatoms. The van der Waals surface area contributed by atoms with Crippen molar-refractivity contribution in [1.29, 1.82) is 0 Å². The fourth-order valence-corrected chi connectivity index (χ4v) is 6.02. The number of sulfonamides is 1. The first-order valence-electron chi connectivity index (χ1n) is 12.6. The number of aromatic nitrogens is 5. The van der Waals surface area contributed by atoms with Crippen LogP contribution in [-0.2, 0) is 34.1 Å². The molecule has 3 aromatic heterocycles. The molecule has 1 aliphatic carbocycles. The molecule has 206 valence electrons. The van der Waals surface area contributed by atoms with E-state index in [9.17, 15) is 8.42 Å². The molecular formula is C28H27FN6O4S. The molecule has 2 N–H and O–H groups in total. The Labute approximate surface area is 230 Å². The second-order valence-electron chi connectivity index (χ2n) is 9.77. The molecule has 3 heterocycles. The zero-order chi connectivity index (χ0) is 27.9. The predicted molar refractivity (Wildman–Crippen MR) is 147 cm³/mol. The first-order chi connectivity index (χ1) is 19.3. The summed E-state index contributed by atoms with van der Waals surface area (Å²) in [5.74, 6) is 0.314. The van der Waals surface area contributed by atoms with Gasteiger partial charge >= 0.3 is 0 Å². The first kappa shape index (κ1) is 26.0. The van der Waals surface area contributed by atoms with Crippen LogP contribution in [0.25, 0.3) is 22.3 Å². The smallest absolute Gasteiger partial charge is 0.265 e. The summed E-state index contributed by atoms with van der Waals surface area (Å²) >= 11 is 0. The SMILES string of the molecule is COc1ccc2c(-c3cc(C4(F)CC(OCc5ccccc5)C4)ccn3)nn(C)c2c1NS(=O)(=O)c1cn[nH]c1. The first-order valence-corrected chi connectivity index (χ1v) is 14.1. The Kier molecular flexibility index (Phi) is 6.51. The highest BCUT2D eigenvalue weighted by Crippen LogP contribution is 2.48. The third kappa shape index (κ3) is 4.69. The highest BCUT2D eigenvalue weighted by atomic mass is 32.2. The molecule has 10 nitrogen and oxygen atoms in total. The fraction of sp³-hybridized carbons (Fsp3) is 0.250. The maximum Gasteiger partial charge on any atom is 0.265 e. The molecule has 1 aliphatic rings. The lowest BCUT2D eigenvalue weighted by Crippen LogP contribution is -2.42. The zero-order valence-corrected chi connectivity index (χ0v) is 22.7. The Morgan fingerprint density at radius 3 is 2.70 bits per heavy atom. The van der Waals surface area contributed by atoms with Crippen LogP contribution in [0.2, 0.25) is 0 Å². The quantitative estimate of drug-likeness (QED) is 0.267.